The highest BCUT2D eigenvalue weighted by molar-refractivity contribution is 7.90. The number of aromatic nitrogens is 3. The molecule has 2 heterocycles. The fourth-order valence-corrected chi connectivity index (χ4v) is 2.44. The highest BCUT2D eigenvalue weighted by Gasteiger charge is 2.25. The van der Waals surface area contributed by atoms with E-state index in [0.29, 0.717) is 32.1 Å². The van der Waals surface area contributed by atoms with Gasteiger partial charge in [-0.05, 0) is 6.92 Å². The van der Waals surface area contributed by atoms with Gasteiger partial charge in [-0.1, -0.05) is 0 Å². The molecule has 0 aliphatic carbocycles. The number of morpholine rings is 1. The van der Waals surface area contributed by atoms with Crippen LogP contribution in [0.5, 0.6) is 0 Å². The lowest BCUT2D eigenvalue weighted by Crippen LogP contribution is -2.43. The third-order valence-corrected chi connectivity index (χ3v) is 3.61. The van der Waals surface area contributed by atoms with E-state index in [0.717, 1.165) is 0 Å². The molecule has 0 saturated carbocycles. The van der Waals surface area contributed by atoms with Gasteiger partial charge in [0.1, 0.15) is 5.82 Å². The van der Waals surface area contributed by atoms with Gasteiger partial charge in [-0.2, -0.15) is 17.7 Å². The van der Waals surface area contributed by atoms with Gasteiger partial charge in [0.25, 0.3) is 5.95 Å². The fraction of sp³-hybridized carbons (Fsp3) is 0.714. The van der Waals surface area contributed by atoms with Crippen LogP contribution in [0.2, 0.25) is 0 Å². The van der Waals surface area contributed by atoms with Gasteiger partial charge in [0.05, 0.1) is 13.2 Å². The third-order valence-electron chi connectivity index (χ3n) is 2.13. The number of hydrogen-bond acceptors (Lipinski definition) is 5. The van der Waals surface area contributed by atoms with Crippen molar-refractivity contribution in [3.8, 4) is 0 Å². The van der Waals surface area contributed by atoms with Crippen LogP contribution in [0.4, 0.5) is 5.95 Å². The first-order chi connectivity index (χ1) is 7.58. The monoisotopic (exact) mass is 247 g/mol. The Morgan fingerprint density at radius 1 is 1.44 bits per heavy atom. The van der Waals surface area contributed by atoms with Gasteiger partial charge in [-0.25, -0.2) is 4.72 Å². The van der Waals surface area contributed by atoms with E-state index in [-0.39, 0.29) is 5.95 Å². The highest BCUT2D eigenvalue weighted by Crippen LogP contribution is 2.08. The van der Waals surface area contributed by atoms with Gasteiger partial charge in [-0.3, -0.25) is 5.10 Å². The molecule has 2 rings (SSSR count). The van der Waals surface area contributed by atoms with Gasteiger partial charge >= 0.3 is 10.2 Å². The quantitative estimate of drug-likeness (QED) is 0.721. The maximum atomic E-state index is 11.8. The number of aryl methyl sites for hydroxylation is 1. The SMILES string of the molecule is Cc1nc(NS(=O)(=O)N2CCOCC2)n[nH]1. The number of anilines is 1. The Balaban J connectivity index is 2.07. The van der Waals surface area contributed by atoms with Crippen molar-refractivity contribution in [2.24, 2.45) is 0 Å². The van der Waals surface area contributed by atoms with Crippen LogP contribution in [0.25, 0.3) is 0 Å². The van der Waals surface area contributed by atoms with Crippen molar-refractivity contribution in [2.75, 3.05) is 31.0 Å². The third kappa shape index (κ3) is 2.49. The first-order valence-electron chi connectivity index (χ1n) is 4.82. The van der Waals surface area contributed by atoms with Gasteiger partial charge in [-0.15, -0.1) is 5.10 Å². The van der Waals surface area contributed by atoms with Crippen LogP contribution in [-0.2, 0) is 14.9 Å². The van der Waals surface area contributed by atoms with Crippen LogP contribution in [0, 0.1) is 6.92 Å². The summed E-state index contributed by atoms with van der Waals surface area (Å²) in [7, 11) is -3.56. The zero-order valence-electron chi connectivity index (χ0n) is 8.80. The van der Waals surface area contributed by atoms with Crippen LogP contribution in [0.3, 0.4) is 0 Å². The Labute approximate surface area is 93.2 Å². The van der Waals surface area contributed by atoms with Crippen LogP contribution < -0.4 is 4.72 Å². The zero-order chi connectivity index (χ0) is 11.6. The molecule has 0 atom stereocenters. The Morgan fingerprint density at radius 2 is 2.12 bits per heavy atom. The molecule has 1 aliphatic rings. The van der Waals surface area contributed by atoms with E-state index < -0.39 is 10.2 Å². The fourth-order valence-electron chi connectivity index (χ4n) is 1.36. The lowest BCUT2D eigenvalue weighted by atomic mass is 10.5. The first kappa shape index (κ1) is 11.3. The minimum absolute atomic E-state index is 0.0593. The molecule has 9 heteroatoms. The smallest absolute Gasteiger partial charge is 0.304 e. The topological polar surface area (TPSA) is 100 Å². The summed E-state index contributed by atoms with van der Waals surface area (Å²) in [5, 5.41) is 6.27. The molecule has 1 aromatic rings. The van der Waals surface area contributed by atoms with Crippen molar-refractivity contribution in [3.05, 3.63) is 5.82 Å². The second-order valence-corrected chi connectivity index (χ2v) is 5.03. The second kappa shape index (κ2) is 4.36. The number of rotatable bonds is 3. The standard InChI is InChI=1S/C7H13N5O3S/c1-6-8-7(10-9-6)11-16(13,14)12-2-4-15-5-3-12/h2-5H2,1H3,(H2,8,9,10,11). The summed E-state index contributed by atoms with van der Waals surface area (Å²) in [5.74, 6) is 0.615. The van der Waals surface area contributed by atoms with Crippen molar-refractivity contribution in [1.82, 2.24) is 19.5 Å². The van der Waals surface area contributed by atoms with E-state index >= 15 is 0 Å². The van der Waals surface area contributed by atoms with E-state index in [1.54, 1.807) is 6.92 Å². The molecule has 0 radical (unpaired) electrons. The maximum absolute atomic E-state index is 11.8. The second-order valence-electron chi connectivity index (χ2n) is 3.36. The molecule has 2 N–H and O–H groups in total. The van der Waals surface area contributed by atoms with E-state index in [2.05, 4.69) is 19.9 Å². The van der Waals surface area contributed by atoms with Crippen molar-refractivity contribution < 1.29 is 13.2 Å². The Hall–Kier alpha value is -1.19. The van der Waals surface area contributed by atoms with E-state index in [1.165, 1.54) is 4.31 Å². The predicted octanol–water partition coefficient (Wildman–Crippen LogP) is -0.898. The molecular weight excluding hydrogens is 234 g/mol. The molecule has 0 amide bonds. The maximum Gasteiger partial charge on any atom is 0.304 e. The summed E-state index contributed by atoms with van der Waals surface area (Å²) in [5.41, 5.74) is 0. The predicted molar refractivity (Wildman–Crippen MR) is 56.1 cm³/mol. The summed E-state index contributed by atoms with van der Waals surface area (Å²) in [6.45, 7) is 3.21. The normalized spacial score (nSPS) is 18.6. The van der Waals surface area contributed by atoms with E-state index in [1.807, 2.05) is 0 Å². The minimum Gasteiger partial charge on any atom is -0.379 e. The summed E-state index contributed by atoms with van der Waals surface area (Å²) >= 11 is 0. The minimum atomic E-state index is -3.56. The first-order valence-corrected chi connectivity index (χ1v) is 6.26. The van der Waals surface area contributed by atoms with Gasteiger partial charge < -0.3 is 4.74 Å². The molecule has 16 heavy (non-hydrogen) atoms. The number of nitrogens with zero attached hydrogens (tertiary/aromatic N) is 3. The van der Waals surface area contributed by atoms with Crippen LogP contribution in [0.15, 0.2) is 0 Å². The summed E-state index contributed by atoms with van der Waals surface area (Å²) < 4.78 is 32.3. The molecule has 0 unspecified atom stereocenters. The molecular formula is C7H13N5O3S. The lowest BCUT2D eigenvalue weighted by molar-refractivity contribution is 0.0733. The molecule has 0 aromatic carbocycles. The average molecular weight is 247 g/mol. The average Bonchev–Trinajstić information content (AvgIpc) is 2.64. The van der Waals surface area contributed by atoms with Gasteiger partial charge in [0.15, 0.2) is 0 Å². The number of H-pyrrole nitrogens is 1. The summed E-state index contributed by atoms with van der Waals surface area (Å²) in [4.78, 5) is 3.88. The Bertz CT molecular complexity index is 450. The molecule has 90 valence electrons. The molecule has 0 spiro atoms. The molecule has 1 aliphatic heterocycles. The number of nitrogens with one attached hydrogen (secondary N) is 2. The zero-order valence-corrected chi connectivity index (χ0v) is 9.62. The van der Waals surface area contributed by atoms with Crippen molar-refractivity contribution in [2.45, 2.75) is 6.92 Å². The van der Waals surface area contributed by atoms with E-state index in [4.69, 9.17) is 4.74 Å². The molecule has 1 aromatic heterocycles. The number of aromatic amines is 1. The molecule has 8 nitrogen and oxygen atoms in total. The van der Waals surface area contributed by atoms with Crippen LogP contribution in [0.1, 0.15) is 5.82 Å². The molecule has 1 fully saturated rings. The Kier molecular flexibility index (Phi) is 3.08. The van der Waals surface area contributed by atoms with E-state index in [9.17, 15) is 8.42 Å². The largest absolute Gasteiger partial charge is 0.379 e. The van der Waals surface area contributed by atoms with Gasteiger partial charge in [0.2, 0.25) is 0 Å². The molecule has 1 saturated heterocycles. The van der Waals surface area contributed by atoms with Crippen LogP contribution in [-0.4, -0.2) is 54.2 Å². The van der Waals surface area contributed by atoms with Gasteiger partial charge in [0, 0.05) is 13.1 Å². The van der Waals surface area contributed by atoms with Crippen molar-refractivity contribution in [3.63, 3.8) is 0 Å². The Morgan fingerprint density at radius 3 is 2.69 bits per heavy atom. The van der Waals surface area contributed by atoms with Crippen molar-refractivity contribution in [1.29, 1.82) is 0 Å². The van der Waals surface area contributed by atoms with Crippen LogP contribution >= 0.6 is 0 Å². The summed E-state index contributed by atoms with van der Waals surface area (Å²) in [6, 6.07) is 0. The number of hydrogen-bond donors (Lipinski definition) is 2. The summed E-state index contributed by atoms with van der Waals surface area (Å²) in [6.07, 6.45) is 0. The lowest BCUT2D eigenvalue weighted by Gasteiger charge is -2.25. The molecule has 0 bridgehead atoms. The highest BCUT2D eigenvalue weighted by atomic mass is 32.2. The van der Waals surface area contributed by atoms with Crippen molar-refractivity contribution >= 4 is 16.2 Å². The number of ether oxygens (including phenoxy) is 1.